The third-order valence-electron chi connectivity index (χ3n) is 3.83. The second-order valence-corrected chi connectivity index (χ2v) is 4.80. The molecular formula is C14H25N. The molecule has 15 heavy (non-hydrogen) atoms. The number of hydrogen-bond acceptors (Lipinski definition) is 1. The van der Waals surface area contributed by atoms with Gasteiger partial charge in [-0.15, -0.1) is 11.8 Å². The quantitative estimate of drug-likeness (QED) is 0.699. The van der Waals surface area contributed by atoms with Gasteiger partial charge >= 0.3 is 0 Å². The van der Waals surface area contributed by atoms with Crippen LogP contribution in [-0.2, 0) is 0 Å². The van der Waals surface area contributed by atoms with Crippen LogP contribution in [0.2, 0.25) is 0 Å². The Bertz CT molecular complexity index is 223. The largest absolute Gasteiger partial charge is 0.319 e. The molecule has 0 saturated heterocycles. The van der Waals surface area contributed by atoms with Crippen molar-refractivity contribution in [3.63, 3.8) is 0 Å². The highest BCUT2D eigenvalue weighted by molar-refractivity contribution is 4.98. The summed E-state index contributed by atoms with van der Waals surface area (Å²) in [6.07, 6.45) is 6.69. The summed E-state index contributed by atoms with van der Waals surface area (Å²) < 4.78 is 0. The average molecular weight is 207 g/mol. The molecule has 0 spiro atoms. The van der Waals surface area contributed by atoms with Crippen LogP contribution in [0, 0.1) is 29.6 Å². The summed E-state index contributed by atoms with van der Waals surface area (Å²) in [5, 5.41) is 3.33. The van der Waals surface area contributed by atoms with Crippen LogP contribution in [0.1, 0.15) is 46.0 Å². The molecule has 1 N–H and O–H groups in total. The van der Waals surface area contributed by atoms with E-state index in [0.717, 1.165) is 24.2 Å². The van der Waals surface area contributed by atoms with Crippen LogP contribution in [0.25, 0.3) is 0 Å². The van der Waals surface area contributed by atoms with Crippen molar-refractivity contribution in [2.75, 3.05) is 13.6 Å². The molecule has 1 aliphatic rings. The molecule has 0 radical (unpaired) electrons. The smallest absolute Gasteiger partial charge is 0.0120 e. The van der Waals surface area contributed by atoms with E-state index in [0.29, 0.717) is 0 Å². The molecule has 0 amide bonds. The fourth-order valence-electron chi connectivity index (χ4n) is 2.81. The predicted molar refractivity (Wildman–Crippen MR) is 66.6 cm³/mol. The molecule has 0 aromatic carbocycles. The molecule has 0 heterocycles. The number of rotatable bonds is 4. The fourth-order valence-corrected chi connectivity index (χ4v) is 2.81. The monoisotopic (exact) mass is 207 g/mol. The molecule has 0 bridgehead atoms. The van der Waals surface area contributed by atoms with Crippen LogP contribution in [0.15, 0.2) is 0 Å². The van der Waals surface area contributed by atoms with Gasteiger partial charge in [-0.2, -0.15) is 0 Å². The molecule has 1 rings (SSSR count). The molecule has 3 atom stereocenters. The zero-order chi connectivity index (χ0) is 11.1. The van der Waals surface area contributed by atoms with E-state index in [9.17, 15) is 0 Å². The van der Waals surface area contributed by atoms with Crippen LogP contribution in [-0.4, -0.2) is 13.6 Å². The molecule has 3 unspecified atom stereocenters. The maximum absolute atomic E-state index is 3.33. The second-order valence-electron chi connectivity index (χ2n) is 4.80. The molecule has 1 nitrogen and oxygen atoms in total. The summed E-state index contributed by atoms with van der Waals surface area (Å²) in [7, 11) is 2.06. The number of nitrogens with one attached hydrogen (secondary N) is 1. The summed E-state index contributed by atoms with van der Waals surface area (Å²) in [6, 6.07) is 0. The molecule has 86 valence electrons. The number of hydrogen-bond donors (Lipinski definition) is 1. The van der Waals surface area contributed by atoms with Gasteiger partial charge in [-0.25, -0.2) is 0 Å². The van der Waals surface area contributed by atoms with Crippen LogP contribution < -0.4 is 5.32 Å². The van der Waals surface area contributed by atoms with Crippen molar-refractivity contribution < 1.29 is 0 Å². The maximum Gasteiger partial charge on any atom is 0.0120 e. The summed E-state index contributed by atoms with van der Waals surface area (Å²) >= 11 is 0. The lowest BCUT2D eigenvalue weighted by molar-refractivity contribution is 0.177. The SMILES string of the molecule is CC#CCC1CC(CC)CCC1CNC. The Morgan fingerprint density at radius 3 is 2.67 bits per heavy atom. The summed E-state index contributed by atoms with van der Waals surface area (Å²) in [6.45, 7) is 5.45. The Balaban J connectivity index is 2.50. The molecule has 1 fully saturated rings. The van der Waals surface area contributed by atoms with Crippen molar-refractivity contribution in [3.05, 3.63) is 0 Å². The van der Waals surface area contributed by atoms with E-state index in [4.69, 9.17) is 0 Å². The van der Waals surface area contributed by atoms with E-state index >= 15 is 0 Å². The predicted octanol–water partition coefficient (Wildman–Crippen LogP) is 3.06. The van der Waals surface area contributed by atoms with Gasteiger partial charge in [-0.1, -0.05) is 19.8 Å². The van der Waals surface area contributed by atoms with Gasteiger partial charge < -0.3 is 5.32 Å². The van der Waals surface area contributed by atoms with Crippen molar-refractivity contribution in [2.45, 2.75) is 46.0 Å². The van der Waals surface area contributed by atoms with Crippen LogP contribution in [0.3, 0.4) is 0 Å². The van der Waals surface area contributed by atoms with E-state index in [-0.39, 0.29) is 0 Å². The fraction of sp³-hybridized carbons (Fsp3) is 0.857. The lowest BCUT2D eigenvalue weighted by Gasteiger charge is -2.35. The zero-order valence-electron chi connectivity index (χ0n) is 10.5. The molecule has 1 heteroatoms. The lowest BCUT2D eigenvalue weighted by atomic mass is 9.72. The van der Waals surface area contributed by atoms with E-state index < -0.39 is 0 Å². The minimum atomic E-state index is 0.837. The third-order valence-corrected chi connectivity index (χ3v) is 3.83. The minimum absolute atomic E-state index is 0.837. The highest BCUT2D eigenvalue weighted by atomic mass is 14.8. The van der Waals surface area contributed by atoms with E-state index in [1.807, 2.05) is 6.92 Å². The van der Waals surface area contributed by atoms with Gasteiger partial charge in [-0.05, 0) is 51.1 Å². The summed E-state index contributed by atoms with van der Waals surface area (Å²) in [5.74, 6) is 8.97. The van der Waals surface area contributed by atoms with E-state index in [2.05, 4.69) is 31.1 Å². The van der Waals surface area contributed by atoms with Gasteiger partial charge in [0, 0.05) is 6.42 Å². The topological polar surface area (TPSA) is 12.0 Å². The van der Waals surface area contributed by atoms with Gasteiger partial charge in [-0.3, -0.25) is 0 Å². The maximum atomic E-state index is 3.33. The normalized spacial score (nSPS) is 30.7. The third kappa shape index (κ3) is 3.87. The highest BCUT2D eigenvalue weighted by Crippen LogP contribution is 2.36. The first kappa shape index (κ1) is 12.6. The van der Waals surface area contributed by atoms with Crippen LogP contribution >= 0.6 is 0 Å². The standard InChI is InChI=1S/C14H25N/c1-4-6-7-13-10-12(5-2)8-9-14(13)11-15-3/h12-15H,5,7-11H2,1-3H3. The average Bonchev–Trinajstić information content (AvgIpc) is 2.28. The molecule has 1 saturated carbocycles. The minimum Gasteiger partial charge on any atom is -0.319 e. The van der Waals surface area contributed by atoms with Gasteiger partial charge in [0.05, 0.1) is 0 Å². The van der Waals surface area contributed by atoms with E-state index in [1.165, 1.54) is 32.2 Å². The van der Waals surface area contributed by atoms with Gasteiger partial charge in [0.25, 0.3) is 0 Å². The van der Waals surface area contributed by atoms with Crippen molar-refractivity contribution in [3.8, 4) is 11.8 Å². The second kappa shape index (κ2) is 6.90. The summed E-state index contributed by atoms with van der Waals surface area (Å²) in [5.41, 5.74) is 0. The first-order chi connectivity index (χ1) is 7.31. The van der Waals surface area contributed by atoms with Crippen molar-refractivity contribution >= 4 is 0 Å². The Morgan fingerprint density at radius 1 is 1.27 bits per heavy atom. The Labute approximate surface area is 95.0 Å². The molecule has 0 aromatic rings. The first-order valence-electron chi connectivity index (χ1n) is 6.36. The van der Waals surface area contributed by atoms with Crippen molar-refractivity contribution in [1.29, 1.82) is 0 Å². The molecule has 0 aromatic heterocycles. The van der Waals surface area contributed by atoms with Crippen molar-refractivity contribution in [1.82, 2.24) is 5.32 Å². The van der Waals surface area contributed by atoms with Crippen molar-refractivity contribution in [2.24, 2.45) is 17.8 Å². The molecule has 1 aliphatic carbocycles. The zero-order valence-corrected chi connectivity index (χ0v) is 10.5. The Morgan fingerprint density at radius 2 is 2.07 bits per heavy atom. The van der Waals surface area contributed by atoms with Gasteiger partial charge in [0.15, 0.2) is 0 Å². The summed E-state index contributed by atoms with van der Waals surface area (Å²) in [4.78, 5) is 0. The van der Waals surface area contributed by atoms with E-state index in [1.54, 1.807) is 0 Å². The van der Waals surface area contributed by atoms with Gasteiger partial charge in [0.2, 0.25) is 0 Å². The van der Waals surface area contributed by atoms with Gasteiger partial charge in [0.1, 0.15) is 0 Å². The Kier molecular flexibility index (Phi) is 5.79. The lowest BCUT2D eigenvalue weighted by Crippen LogP contribution is -2.31. The van der Waals surface area contributed by atoms with Crippen LogP contribution in [0.5, 0.6) is 0 Å². The first-order valence-corrected chi connectivity index (χ1v) is 6.36. The molecule has 0 aliphatic heterocycles. The highest BCUT2D eigenvalue weighted by Gasteiger charge is 2.28. The molecular weight excluding hydrogens is 182 g/mol. The van der Waals surface area contributed by atoms with Crippen LogP contribution in [0.4, 0.5) is 0 Å². The Hall–Kier alpha value is -0.480.